The van der Waals surface area contributed by atoms with Crippen molar-refractivity contribution in [2.75, 3.05) is 39.5 Å². The Bertz CT molecular complexity index is 716. The van der Waals surface area contributed by atoms with E-state index in [1.165, 1.54) is 0 Å². The molecule has 3 unspecified atom stereocenters. The van der Waals surface area contributed by atoms with Gasteiger partial charge in [-0.25, -0.2) is 9.59 Å². The molecule has 18 N–H and O–H groups in total. The third-order valence-electron chi connectivity index (χ3n) is 5.92. The average Bonchev–Trinajstić information content (AvgIpc) is 3.03. The first-order valence-electron chi connectivity index (χ1n) is 15.8. The number of aliphatic carboxylic acids is 3. The molecule has 15 heteroatoms. The molecule has 1 rings (SSSR count). The van der Waals surface area contributed by atoms with Crippen molar-refractivity contribution >= 4 is 17.9 Å². The second-order valence-corrected chi connectivity index (χ2v) is 10.3. The zero-order chi connectivity index (χ0) is 36.0. The van der Waals surface area contributed by atoms with Gasteiger partial charge in [0.25, 0.3) is 0 Å². The van der Waals surface area contributed by atoms with E-state index in [1.54, 1.807) is 12.1 Å². The quantitative estimate of drug-likeness (QED) is 0.0812. The van der Waals surface area contributed by atoms with Gasteiger partial charge in [-0.3, -0.25) is 4.79 Å². The Morgan fingerprint density at radius 1 is 0.522 bits per heavy atom. The Balaban J connectivity index is -0.000000242. The minimum absolute atomic E-state index is 0.112. The summed E-state index contributed by atoms with van der Waals surface area (Å²) in [5, 5.41) is 48.5. The summed E-state index contributed by atoms with van der Waals surface area (Å²) in [4.78, 5) is 28.4. The van der Waals surface area contributed by atoms with Crippen molar-refractivity contribution in [3.8, 4) is 0 Å². The SMILES string of the molecule is NCCCC(N)CCCO.NCCCC(N)CCCO.NCCCC(N)CCCO.O=C(O)C(=O)O.O=C(O)Cc1ccccc1. The number of carboxylic acids is 3. The van der Waals surface area contributed by atoms with Crippen molar-refractivity contribution in [2.24, 2.45) is 34.4 Å². The molecule has 272 valence electrons. The maximum atomic E-state index is 10.2. The molecule has 0 radical (unpaired) electrons. The summed E-state index contributed by atoms with van der Waals surface area (Å²) < 4.78 is 0. The molecular formula is C31H64N6O9. The van der Waals surface area contributed by atoms with Crippen LogP contribution >= 0.6 is 0 Å². The molecule has 15 nitrogen and oxygen atoms in total. The van der Waals surface area contributed by atoms with Crippen molar-refractivity contribution in [3.05, 3.63) is 35.9 Å². The van der Waals surface area contributed by atoms with Crippen LogP contribution < -0.4 is 34.4 Å². The van der Waals surface area contributed by atoms with Crippen LogP contribution in [0.3, 0.4) is 0 Å². The van der Waals surface area contributed by atoms with E-state index in [0.717, 1.165) is 82.6 Å². The average molecular weight is 665 g/mol. The molecule has 3 atom stereocenters. The zero-order valence-corrected chi connectivity index (χ0v) is 27.4. The fourth-order valence-corrected chi connectivity index (χ4v) is 3.40. The molecule has 0 amide bonds. The number of benzene rings is 1. The Hall–Kier alpha value is -2.73. The fraction of sp³-hybridized carbons (Fsp3) is 0.710. The number of nitrogens with two attached hydrogens (primary N) is 6. The number of aliphatic hydroxyl groups is 3. The Kier molecular flexibility index (Phi) is 43.9. The van der Waals surface area contributed by atoms with Gasteiger partial charge >= 0.3 is 17.9 Å². The van der Waals surface area contributed by atoms with Crippen LogP contribution in [0.25, 0.3) is 0 Å². The van der Waals surface area contributed by atoms with Gasteiger partial charge in [0.1, 0.15) is 0 Å². The van der Waals surface area contributed by atoms with Crippen molar-refractivity contribution < 1.29 is 45.0 Å². The molecule has 0 bridgehead atoms. The van der Waals surface area contributed by atoms with Crippen molar-refractivity contribution in [2.45, 2.75) is 102 Å². The fourth-order valence-electron chi connectivity index (χ4n) is 3.40. The third kappa shape index (κ3) is 48.2. The second kappa shape index (κ2) is 40.3. The van der Waals surface area contributed by atoms with Gasteiger partial charge in [0, 0.05) is 37.9 Å². The molecule has 0 aliphatic rings. The minimum atomic E-state index is -1.82. The van der Waals surface area contributed by atoms with E-state index >= 15 is 0 Å². The van der Waals surface area contributed by atoms with E-state index in [4.69, 9.17) is 74.6 Å². The maximum Gasteiger partial charge on any atom is 0.414 e. The summed E-state index contributed by atoms with van der Waals surface area (Å²) in [6.07, 6.45) is 11.2. The maximum absolute atomic E-state index is 10.2. The second-order valence-electron chi connectivity index (χ2n) is 10.3. The number of hydrogen-bond donors (Lipinski definition) is 12. The highest BCUT2D eigenvalue weighted by Crippen LogP contribution is 2.02. The van der Waals surface area contributed by atoms with Gasteiger partial charge in [-0.05, 0) is 102 Å². The largest absolute Gasteiger partial charge is 0.481 e. The highest BCUT2D eigenvalue weighted by molar-refractivity contribution is 6.27. The van der Waals surface area contributed by atoms with Crippen LogP contribution in [0, 0.1) is 0 Å². The highest BCUT2D eigenvalue weighted by atomic mass is 16.4. The third-order valence-corrected chi connectivity index (χ3v) is 5.92. The number of carboxylic acid groups (broad SMARTS) is 3. The monoisotopic (exact) mass is 664 g/mol. The molecule has 1 aromatic rings. The van der Waals surface area contributed by atoms with Crippen molar-refractivity contribution in [1.29, 1.82) is 0 Å². The summed E-state index contributed by atoms with van der Waals surface area (Å²) in [6, 6.07) is 9.83. The van der Waals surface area contributed by atoms with E-state index in [1.807, 2.05) is 18.2 Å². The lowest BCUT2D eigenvalue weighted by Crippen LogP contribution is -2.21. The van der Waals surface area contributed by atoms with Crippen LogP contribution in [-0.4, -0.2) is 106 Å². The standard InChI is InChI=1S/C8H8O2.3C7H18N2O.C2H2O4/c9-8(10)6-7-4-2-1-3-5-7;3*8-5-1-3-7(9)4-2-6-10;3-1(4)2(5)6/h1-5H,6H2,(H,9,10);3*7,10H,1-6,8-9H2;(H,3,4)(H,5,6). The lowest BCUT2D eigenvalue weighted by molar-refractivity contribution is -0.159. The van der Waals surface area contributed by atoms with Gasteiger partial charge in [-0.15, -0.1) is 0 Å². The van der Waals surface area contributed by atoms with Crippen LogP contribution in [0.15, 0.2) is 30.3 Å². The van der Waals surface area contributed by atoms with Crippen molar-refractivity contribution in [3.63, 3.8) is 0 Å². The van der Waals surface area contributed by atoms with Gasteiger partial charge in [0.05, 0.1) is 6.42 Å². The van der Waals surface area contributed by atoms with Crippen molar-refractivity contribution in [1.82, 2.24) is 0 Å². The molecule has 1 aromatic carbocycles. The first kappa shape index (κ1) is 50.1. The first-order chi connectivity index (χ1) is 21.9. The predicted molar refractivity (Wildman–Crippen MR) is 181 cm³/mol. The normalized spacial score (nSPS) is 11.8. The molecule has 0 fully saturated rings. The molecule has 0 heterocycles. The van der Waals surface area contributed by atoms with Crippen LogP contribution in [-0.2, 0) is 20.8 Å². The Labute approximate surface area is 274 Å². The number of carbonyl (C=O) groups is 3. The van der Waals surface area contributed by atoms with Crippen LogP contribution in [0.4, 0.5) is 0 Å². The highest BCUT2D eigenvalue weighted by Gasteiger charge is 2.04. The topological polar surface area (TPSA) is 329 Å². The molecule has 46 heavy (non-hydrogen) atoms. The zero-order valence-electron chi connectivity index (χ0n) is 27.4. The molecule has 0 aromatic heterocycles. The molecule has 0 aliphatic heterocycles. The molecular weight excluding hydrogens is 600 g/mol. The number of aliphatic hydroxyl groups excluding tert-OH is 3. The smallest absolute Gasteiger partial charge is 0.414 e. The molecule has 0 aliphatic carbocycles. The number of hydrogen-bond acceptors (Lipinski definition) is 12. The molecule has 0 saturated carbocycles. The summed E-state index contributed by atoms with van der Waals surface area (Å²) in [7, 11) is 0. The lowest BCUT2D eigenvalue weighted by Gasteiger charge is -2.08. The van der Waals surface area contributed by atoms with E-state index < -0.39 is 17.9 Å². The van der Waals surface area contributed by atoms with E-state index in [2.05, 4.69) is 0 Å². The van der Waals surface area contributed by atoms with E-state index in [9.17, 15) is 4.79 Å². The van der Waals surface area contributed by atoms with Gasteiger partial charge in [-0.1, -0.05) is 30.3 Å². The molecule has 0 spiro atoms. The summed E-state index contributed by atoms with van der Waals surface area (Å²) in [5.74, 6) is -4.43. The first-order valence-corrected chi connectivity index (χ1v) is 15.8. The van der Waals surface area contributed by atoms with Crippen LogP contribution in [0.2, 0.25) is 0 Å². The van der Waals surface area contributed by atoms with E-state index in [0.29, 0.717) is 19.6 Å². The van der Waals surface area contributed by atoms with Gasteiger partial charge in [-0.2, -0.15) is 0 Å². The summed E-state index contributed by atoms with van der Waals surface area (Å²) >= 11 is 0. The van der Waals surface area contributed by atoms with E-state index in [-0.39, 0.29) is 44.4 Å². The lowest BCUT2D eigenvalue weighted by atomic mass is 10.1. The summed E-state index contributed by atoms with van der Waals surface area (Å²) in [5.41, 5.74) is 33.8. The minimum Gasteiger partial charge on any atom is -0.481 e. The van der Waals surface area contributed by atoms with Crippen LogP contribution in [0.5, 0.6) is 0 Å². The summed E-state index contributed by atoms with van der Waals surface area (Å²) in [6.45, 7) is 2.88. The van der Waals surface area contributed by atoms with Gasteiger partial charge in [0.15, 0.2) is 0 Å². The Morgan fingerprint density at radius 3 is 1.02 bits per heavy atom. The Morgan fingerprint density at radius 2 is 0.804 bits per heavy atom. The molecule has 0 saturated heterocycles. The van der Waals surface area contributed by atoms with Gasteiger partial charge < -0.3 is 65.0 Å². The van der Waals surface area contributed by atoms with Gasteiger partial charge in [0.2, 0.25) is 0 Å². The predicted octanol–water partition coefficient (Wildman–Crippen LogP) is -0.0554. The van der Waals surface area contributed by atoms with Crippen LogP contribution in [0.1, 0.15) is 82.6 Å². The number of rotatable bonds is 20.